The van der Waals surface area contributed by atoms with Gasteiger partial charge >= 0.3 is 0 Å². The van der Waals surface area contributed by atoms with Crippen molar-refractivity contribution in [3.63, 3.8) is 0 Å². The highest BCUT2D eigenvalue weighted by molar-refractivity contribution is 8.00. The van der Waals surface area contributed by atoms with Crippen LogP contribution in [0.15, 0.2) is 53.4 Å². The first kappa shape index (κ1) is 29.4. The van der Waals surface area contributed by atoms with Crippen molar-refractivity contribution in [3.8, 4) is 17.1 Å². The first-order chi connectivity index (χ1) is 19.1. The van der Waals surface area contributed by atoms with Crippen LogP contribution in [0, 0.1) is 19.8 Å². The van der Waals surface area contributed by atoms with Gasteiger partial charge in [0.25, 0.3) is 5.91 Å². The summed E-state index contributed by atoms with van der Waals surface area (Å²) in [7, 11) is 3.50. The average molecular weight is 562 g/mol. The minimum absolute atomic E-state index is 0.0481. The minimum atomic E-state index is -0.200. The maximum Gasteiger partial charge on any atom is 0.254 e. The van der Waals surface area contributed by atoms with Crippen LogP contribution in [-0.2, 0) is 4.79 Å². The Labute approximate surface area is 241 Å². The molecule has 0 saturated heterocycles. The Hall–Kier alpha value is -3.59. The van der Waals surface area contributed by atoms with E-state index in [1.165, 1.54) is 11.9 Å². The van der Waals surface area contributed by atoms with E-state index < -0.39 is 0 Å². The lowest BCUT2D eigenvalue weighted by Gasteiger charge is -2.33. The van der Waals surface area contributed by atoms with Crippen LogP contribution in [0.1, 0.15) is 54.6 Å². The summed E-state index contributed by atoms with van der Waals surface area (Å²) in [4.78, 5) is 40.0. The number of ether oxygens (including phenoxy) is 1. The van der Waals surface area contributed by atoms with Gasteiger partial charge < -0.3 is 14.5 Å². The molecule has 1 aliphatic heterocycles. The Balaban J connectivity index is 1.74. The van der Waals surface area contributed by atoms with Gasteiger partial charge in [0, 0.05) is 49.1 Å². The number of aryl methyl sites for hydroxylation is 2. The van der Waals surface area contributed by atoms with Crippen molar-refractivity contribution in [3.05, 3.63) is 65.2 Å². The van der Waals surface area contributed by atoms with Gasteiger partial charge in [-0.2, -0.15) is 4.98 Å². The molecule has 2 amide bonds. The van der Waals surface area contributed by atoms with Gasteiger partial charge in [0.2, 0.25) is 17.7 Å². The number of carbonyl (C=O) groups excluding carboxylic acids is 2. The third kappa shape index (κ3) is 7.33. The Morgan fingerprint density at radius 3 is 2.55 bits per heavy atom. The molecule has 4 rings (SSSR count). The van der Waals surface area contributed by atoms with Crippen molar-refractivity contribution in [2.75, 3.05) is 32.0 Å². The molecule has 1 aromatic heterocycles. The monoisotopic (exact) mass is 561 g/mol. The summed E-state index contributed by atoms with van der Waals surface area (Å²) < 4.78 is 9.60. The molecule has 0 radical (unpaired) electrons. The number of aromatic nitrogens is 2. The number of anilines is 1. The number of amides is 2. The second kappa shape index (κ2) is 13.2. The van der Waals surface area contributed by atoms with Gasteiger partial charge in [0.1, 0.15) is 6.61 Å². The van der Waals surface area contributed by atoms with Crippen LogP contribution in [0.2, 0.25) is 0 Å². The molecule has 3 aromatic rings. The summed E-state index contributed by atoms with van der Waals surface area (Å²) >= 11 is 1.35. The fraction of sp³-hybridized carbons (Fsp3) is 0.419. The molecule has 0 unspecified atom stereocenters. The maximum atomic E-state index is 13.9. The predicted molar refractivity (Wildman–Crippen MR) is 161 cm³/mol. The third-order valence-corrected chi connectivity index (χ3v) is 7.71. The van der Waals surface area contributed by atoms with Crippen LogP contribution in [0.25, 0.3) is 11.3 Å². The average Bonchev–Trinajstić information content (AvgIpc) is 2.91. The molecule has 4 bridgehead atoms. The lowest BCUT2D eigenvalue weighted by Crippen LogP contribution is -2.45. The largest absolute Gasteiger partial charge is 0.475 e. The van der Waals surface area contributed by atoms with E-state index in [0.29, 0.717) is 42.7 Å². The van der Waals surface area contributed by atoms with Crippen molar-refractivity contribution in [1.29, 1.82) is 0 Å². The zero-order chi connectivity index (χ0) is 28.8. The van der Waals surface area contributed by atoms with Gasteiger partial charge in [0.05, 0.1) is 11.7 Å². The summed E-state index contributed by atoms with van der Waals surface area (Å²) in [5, 5.41) is 0. The van der Waals surface area contributed by atoms with E-state index in [-0.39, 0.29) is 24.5 Å². The molecule has 9 heteroatoms. The minimum Gasteiger partial charge on any atom is -0.475 e. The van der Waals surface area contributed by atoms with Gasteiger partial charge in [-0.3, -0.25) is 14.3 Å². The smallest absolute Gasteiger partial charge is 0.254 e. The molecule has 0 aliphatic carbocycles. The van der Waals surface area contributed by atoms with Crippen LogP contribution < -0.4 is 9.46 Å². The van der Waals surface area contributed by atoms with E-state index in [2.05, 4.69) is 49.5 Å². The first-order valence-electron chi connectivity index (χ1n) is 13.7. The van der Waals surface area contributed by atoms with Gasteiger partial charge in [-0.25, -0.2) is 4.98 Å². The van der Waals surface area contributed by atoms with Crippen LogP contribution >= 0.6 is 11.9 Å². The van der Waals surface area contributed by atoms with Crippen LogP contribution in [0.5, 0.6) is 5.88 Å². The number of nitrogens with one attached hydrogen (secondary N) is 1. The highest BCUT2D eigenvalue weighted by Crippen LogP contribution is 2.31. The summed E-state index contributed by atoms with van der Waals surface area (Å²) in [6.45, 7) is 9.16. The Morgan fingerprint density at radius 1 is 1.12 bits per heavy atom. The van der Waals surface area contributed by atoms with E-state index >= 15 is 0 Å². The molecular weight excluding hydrogens is 522 g/mol. The molecule has 40 heavy (non-hydrogen) atoms. The standard InChI is InChI=1S/C31H39N5O3S/c1-20(2)16-24-19-39-27-18-26(29-21(3)10-7-11-22(29)4)32-31(33-27)34-40-25-13-8-12-23(17-25)30(38)36(24)15-9-14-28(37)35(5)6/h7-8,10-13,17-18,20,24H,9,14-16,19H2,1-6H3,(H,32,33,34)/t24-/m1/s1. The van der Waals surface area contributed by atoms with Crippen molar-refractivity contribution >= 4 is 29.7 Å². The number of benzene rings is 2. The van der Waals surface area contributed by atoms with Gasteiger partial charge in [0.15, 0.2) is 0 Å². The van der Waals surface area contributed by atoms with Gasteiger partial charge in [-0.1, -0.05) is 38.1 Å². The SMILES string of the molecule is Cc1cccc(C)c1-c1cc2nc(n1)NSc1cccc(c1)C(=O)N(CCCC(=O)N(C)C)[C@H](CC(C)C)CO2. The van der Waals surface area contributed by atoms with Crippen LogP contribution in [0.3, 0.4) is 0 Å². The molecular formula is C31H39N5O3S. The topological polar surface area (TPSA) is 87.7 Å². The van der Waals surface area contributed by atoms with Crippen molar-refractivity contribution in [1.82, 2.24) is 19.8 Å². The maximum absolute atomic E-state index is 13.9. The number of hydrogen-bond acceptors (Lipinski definition) is 7. The normalized spacial score (nSPS) is 15.4. The Kier molecular flexibility index (Phi) is 9.68. The van der Waals surface area contributed by atoms with Gasteiger partial charge in [-0.15, -0.1) is 0 Å². The zero-order valence-electron chi connectivity index (χ0n) is 24.2. The molecule has 212 valence electrons. The van der Waals surface area contributed by atoms with E-state index in [0.717, 1.165) is 33.7 Å². The summed E-state index contributed by atoms with van der Waals surface area (Å²) in [6, 6.07) is 15.4. The van der Waals surface area contributed by atoms with E-state index in [9.17, 15) is 9.59 Å². The molecule has 0 spiro atoms. The highest BCUT2D eigenvalue weighted by Gasteiger charge is 2.27. The second-order valence-corrected chi connectivity index (χ2v) is 11.8. The molecule has 0 saturated carbocycles. The number of nitrogens with zero attached hydrogens (tertiary/aromatic N) is 4. The first-order valence-corrected chi connectivity index (χ1v) is 14.6. The van der Waals surface area contributed by atoms with Crippen molar-refractivity contribution in [2.45, 2.75) is 57.9 Å². The van der Waals surface area contributed by atoms with Crippen molar-refractivity contribution < 1.29 is 14.3 Å². The second-order valence-electron chi connectivity index (χ2n) is 10.9. The Bertz CT molecular complexity index is 1340. The number of rotatable bonds is 7. The quantitative estimate of drug-likeness (QED) is 0.354. The fourth-order valence-electron chi connectivity index (χ4n) is 4.94. The van der Waals surface area contributed by atoms with E-state index in [1.807, 2.05) is 41.3 Å². The predicted octanol–water partition coefficient (Wildman–Crippen LogP) is 6.00. The summed E-state index contributed by atoms with van der Waals surface area (Å²) in [5.74, 6) is 1.20. The Morgan fingerprint density at radius 2 is 1.85 bits per heavy atom. The molecule has 1 N–H and O–H groups in total. The lowest BCUT2D eigenvalue weighted by molar-refractivity contribution is -0.128. The molecule has 2 aromatic carbocycles. The fourth-order valence-corrected chi connectivity index (χ4v) is 5.57. The zero-order valence-corrected chi connectivity index (χ0v) is 25.0. The summed E-state index contributed by atoms with van der Waals surface area (Å²) in [6.07, 6.45) is 1.70. The molecule has 8 nitrogen and oxygen atoms in total. The third-order valence-electron chi connectivity index (χ3n) is 6.94. The number of fused-ring (bicyclic) bond motifs is 4. The van der Waals surface area contributed by atoms with E-state index in [1.54, 1.807) is 19.0 Å². The molecule has 2 heterocycles. The van der Waals surface area contributed by atoms with Crippen molar-refractivity contribution in [2.24, 2.45) is 5.92 Å². The van der Waals surface area contributed by atoms with E-state index in [4.69, 9.17) is 9.72 Å². The van der Waals surface area contributed by atoms with Gasteiger partial charge in [-0.05, 0) is 73.9 Å². The highest BCUT2D eigenvalue weighted by atomic mass is 32.2. The molecule has 1 aliphatic rings. The number of hydrogen-bond donors (Lipinski definition) is 1. The van der Waals surface area contributed by atoms with Crippen LogP contribution in [-0.4, -0.2) is 64.9 Å². The lowest BCUT2D eigenvalue weighted by atomic mass is 10.00. The van der Waals surface area contributed by atoms with Crippen LogP contribution in [0.4, 0.5) is 5.95 Å². The summed E-state index contributed by atoms with van der Waals surface area (Å²) in [5.41, 5.74) is 4.67. The molecule has 1 atom stereocenters. The number of carbonyl (C=O) groups is 2. The molecule has 0 fully saturated rings.